The number of nitrogens with zero attached hydrogens (tertiary/aromatic N) is 1. The summed E-state index contributed by atoms with van der Waals surface area (Å²) < 4.78 is 21.9. The number of ether oxygens (including phenoxy) is 1. The summed E-state index contributed by atoms with van der Waals surface area (Å²) in [5.41, 5.74) is 0.775. The number of anilines is 1. The lowest BCUT2D eigenvalue weighted by molar-refractivity contribution is -0.137. The highest BCUT2D eigenvalue weighted by Gasteiger charge is 2.37. The van der Waals surface area contributed by atoms with Gasteiger partial charge in [-0.05, 0) is 18.6 Å². The smallest absolute Gasteiger partial charge is 0.494 e. The van der Waals surface area contributed by atoms with Crippen LogP contribution in [0.15, 0.2) is 36.0 Å². The number of aliphatic hydroxyl groups excluding tert-OH is 1. The van der Waals surface area contributed by atoms with Crippen molar-refractivity contribution in [3.63, 3.8) is 0 Å². The predicted molar refractivity (Wildman–Crippen MR) is 104 cm³/mol. The largest absolute Gasteiger partial charge is 0.500 e. The molecule has 2 amide bonds. The summed E-state index contributed by atoms with van der Waals surface area (Å²) in [7, 11) is 2.10. The molecule has 1 aliphatic heterocycles. The number of nitrogens with one attached hydrogen (secondary N) is 1. The van der Waals surface area contributed by atoms with Crippen molar-refractivity contribution in [3.05, 3.63) is 36.0 Å². The van der Waals surface area contributed by atoms with Crippen LogP contribution in [0, 0.1) is 0 Å². The van der Waals surface area contributed by atoms with Gasteiger partial charge in [-0.15, -0.1) is 0 Å². The van der Waals surface area contributed by atoms with Crippen molar-refractivity contribution in [2.24, 2.45) is 0 Å². The normalized spacial score (nSPS) is 14.4. The molecule has 0 bridgehead atoms. The molecule has 0 aliphatic carbocycles. The molecule has 2 N–H and O–H groups in total. The Hall–Kier alpha value is -2.24. The highest BCUT2D eigenvalue weighted by atomic mass is 28.4. The Bertz CT molecular complexity index is 713. The third-order valence-electron chi connectivity index (χ3n) is 4.28. The molecule has 0 saturated carbocycles. The van der Waals surface area contributed by atoms with Gasteiger partial charge in [0, 0.05) is 45.2 Å². The number of imide groups is 1. The molecule has 0 aromatic heterocycles. The van der Waals surface area contributed by atoms with Gasteiger partial charge in [-0.1, -0.05) is 6.07 Å². The molecule has 0 atom stereocenters. The van der Waals surface area contributed by atoms with Gasteiger partial charge in [0.25, 0.3) is 11.8 Å². The lowest BCUT2D eigenvalue weighted by Crippen LogP contribution is -2.42. The van der Waals surface area contributed by atoms with Crippen molar-refractivity contribution in [2.45, 2.75) is 12.5 Å². The number of hydrogen-bond donors (Lipinski definition) is 2. The van der Waals surface area contributed by atoms with Gasteiger partial charge in [0.15, 0.2) is 0 Å². The Labute approximate surface area is 165 Å². The van der Waals surface area contributed by atoms with Gasteiger partial charge in [0.2, 0.25) is 0 Å². The zero-order valence-corrected chi connectivity index (χ0v) is 17.3. The minimum absolute atomic E-state index is 0.0300. The number of hydrogen-bond acceptors (Lipinski definition) is 8. The lowest BCUT2D eigenvalue weighted by Gasteiger charge is -2.24. The van der Waals surface area contributed by atoms with Crippen molar-refractivity contribution < 1.29 is 32.7 Å². The van der Waals surface area contributed by atoms with Crippen LogP contribution in [-0.4, -0.2) is 71.7 Å². The summed E-state index contributed by atoms with van der Waals surface area (Å²) in [6.07, 6.45) is 1.91. The Morgan fingerprint density at radius 2 is 1.86 bits per heavy atom. The van der Waals surface area contributed by atoms with Gasteiger partial charge in [-0.2, -0.15) is 0 Å². The number of carbonyl (C=O) groups is 2. The molecule has 1 aromatic carbocycles. The van der Waals surface area contributed by atoms with E-state index in [0.717, 1.165) is 4.90 Å². The number of benzene rings is 1. The van der Waals surface area contributed by atoms with Crippen molar-refractivity contribution in [2.75, 3.05) is 46.4 Å². The van der Waals surface area contributed by atoms with Crippen LogP contribution < -0.4 is 10.1 Å². The van der Waals surface area contributed by atoms with E-state index < -0.39 is 20.6 Å². The lowest BCUT2D eigenvalue weighted by atomic mass is 10.3. The summed E-state index contributed by atoms with van der Waals surface area (Å²) >= 11 is 0. The molecule has 154 valence electrons. The van der Waals surface area contributed by atoms with Crippen molar-refractivity contribution in [3.8, 4) is 5.75 Å². The van der Waals surface area contributed by atoms with Crippen LogP contribution in [0.3, 0.4) is 0 Å². The fraction of sp³-hybridized carbons (Fsp3) is 0.444. The van der Waals surface area contributed by atoms with Crippen LogP contribution in [-0.2, 0) is 22.9 Å². The van der Waals surface area contributed by atoms with Crippen LogP contribution in [0.25, 0.3) is 0 Å². The summed E-state index contributed by atoms with van der Waals surface area (Å²) in [6, 6.07) is 7.70. The molecule has 2 rings (SSSR count). The molecule has 0 spiro atoms. The zero-order chi connectivity index (χ0) is 20.6. The summed E-state index contributed by atoms with van der Waals surface area (Å²) in [6.45, 7) is 0.137. The van der Waals surface area contributed by atoms with E-state index in [-0.39, 0.29) is 18.8 Å². The van der Waals surface area contributed by atoms with E-state index in [1.807, 2.05) is 0 Å². The number of carbonyl (C=O) groups excluding carboxylic acids is 2. The Morgan fingerprint density at radius 3 is 2.50 bits per heavy atom. The summed E-state index contributed by atoms with van der Waals surface area (Å²) in [4.78, 5) is 25.0. The minimum Gasteiger partial charge on any atom is -0.494 e. The maximum Gasteiger partial charge on any atom is 0.500 e. The molecular weight excluding hydrogens is 384 g/mol. The van der Waals surface area contributed by atoms with E-state index in [4.69, 9.17) is 23.1 Å². The molecule has 28 heavy (non-hydrogen) atoms. The van der Waals surface area contributed by atoms with Gasteiger partial charge >= 0.3 is 8.80 Å². The zero-order valence-electron chi connectivity index (χ0n) is 16.3. The van der Waals surface area contributed by atoms with Crippen LogP contribution in [0.5, 0.6) is 5.75 Å². The minimum atomic E-state index is -2.61. The fourth-order valence-corrected chi connectivity index (χ4v) is 4.45. The van der Waals surface area contributed by atoms with Gasteiger partial charge in [0.05, 0.1) is 19.8 Å². The third-order valence-corrected chi connectivity index (χ3v) is 7.11. The van der Waals surface area contributed by atoms with Crippen LogP contribution in [0.2, 0.25) is 6.04 Å². The molecule has 10 heteroatoms. The van der Waals surface area contributed by atoms with E-state index in [9.17, 15) is 9.59 Å². The number of β-amino-alcohol motifs (C(OH)–C–C–N with tert-alkyl or cyclic N) is 1. The Morgan fingerprint density at radius 1 is 1.14 bits per heavy atom. The van der Waals surface area contributed by atoms with E-state index in [2.05, 4.69) is 5.32 Å². The monoisotopic (exact) mass is 410 g/mol. The second kappa shape index (κ2) is 10.3. The van der Waals surface area contributed by atoms with Crippen LogP contribution in [0.1, 0.15) is 6.42 Å². The van der Waals surface area contributed by atoms with E-state index in [1.165, 1.54) is 6.08 Å². The number of rotatable bonds is 12. The molecule has 0 fully saturated rings. The SMILES string of the molecule is CO[Si](CCCOc1cccc(NC2=CC(=O)N(CCO)C2=O)c1)(OC)OC. The van der Waals surface area contributed by atoms with Gasteiger partial charge in [0.1, 0.15) is 11.4 Å². The van der Waals surface area contributed by atoms with E-state index >= 15 is 0 Å². The first kappa shape index (κ1) is 22.1. The highest BCUT2D eigenvalue weighted by molar-refractivity contribution is 6.60. The highest BCUT2D eigenvalue weighted by Crippen LogP contribution is 2.22. The number of aliphatic hydroxyl groups is 1. The van der Waals surface area contributed by atoms with Crippen LogP contribution >= 0.6 is 0 Å². The standard InChI is InChI=1S/C18H26N2O7Si/c1-24-28(25-2,26-3)11-5-10-27-15-7-4-6-14(12-15)19-16-13-17(22)20(8-9-21)18(16)23/h4,6-7,12-13,19,21H,5,8-11H2,1-3H3. The van der Waals surface area contributed by atoms with Crippen LogP contribution in [0.4, 0.5) is 5.69 Å². The Kier molecular flexibility index (Phi) is 8.14. The second-order valence-corrected chi connectivity index (χ2v) is 9.07. The second-order valence-electron chi connectivity index (χ2n) is 5.98. The van der Waals surface area contributed by atoms with Gasteiger partial charge in [-0.3, -0.25) is 14.5 Å². The van der Waals surface area contributed by atoms with Gasteiger partial charge in [-0.25, -0.2) is 0 Å². The maximum absolute atomic E-state index is 12.2. The first-order chi connectivity index (χ1) is 13.5. The van der Waals surface area contributed by atoms with Crippen molar-refractivity contribution in [1.82, 2.24) is 4.90 Å². The molecule has 0 saturated heterocycles. The molecule has 0 unspecified atom stereocenters. The topological polar surface area (TPSA) is 107 Å². The molecule has 1 heterocycles. The van der Waals surface area contributed by atoms with E-state index in [1.54, 1.807) is 45.6 Å². The molecule has 1 aromatic rings. The molecular formula is C18H26N2O7Si. The molecule has 9 nitrogen and oxygen atoms in total. The third kappa shape index (κ3) is 5.39. The quantitative estimate of drug-likeness (QED) is 0.299. The average molecular weight is 410 g/mol. The van der Waals surface area contributed by atoms with Crippen molar-refractivity contribution >= 4 is 26.3 Å². The fourth-order valence-electron chi connectivity index (χ4n) is 2.76. The predicted octanol–water partition coefficient (Wildman–Crippen LogP) is 0.990. The van der Waals surface area contributed by atoms with Crippen molar-refractivity contribution in [1.29, 1.82) is 0 Å². The Balaban J connectivity index is 1.90. The number of amides is 2. The summed E-state index contributed by atoms with van der Waals surface area (Å²) in [5, 5.41) is 11.9. The first-order valence-electron chi connectivity index (χ1n) is 8.82. The summed E-state index contributed by atoms with van der Waals surface area (Å²) in [5.74, 6) is -0.296. The molecule has 0 radical (unpaired) electrons. The first-order valence-corrected chi connectivity index (χ1v) is 10.8. The molecule has 1 aliphatic rings. The average Bonchev–Trinajstić information content (AvgIpc) is 2.97. The van der Waals surface area contributed by atoms with E-state index in [0.29, 0.717) is 30.5 Å². The van der Waals surface area contributed by atoms with Gasteiger partial charge < -0.3 is 28.4 Å². The maximum atomic E-state index is 12.2.